The molecule has 0 saturated heterocycles. The van der Waals surface area contributed by atoms with Crippen LogP contribution in [0.1, 0.15) is 0 Å². The van der Waals surface area contributed by atoms with Crippen LogP contribution in [-0.4, -0.2) is 36.0 Å². The maximum Gasteiger partial charge on any atom is 0.460 e. The van der Waals surface area contributed by atoms with Gasteiger partial charge in [0, 0.05) is 0 Å². The van der Waals surface area contributed by atoms with Crippen molar-refractivity contribution < 1.29 is 70.2 Å². The fourth-order valence-corrected chi connectivity index (χ4v) is 0.972. The molecule has 144 valence electrons. The molecule has 0 spiro atoms. The van der Waals surface area contributed by atoms with Crippen molar-refractivity contribution in [2.45, 2.75) is 36.0 Å². The molecule has 0 bridgehead atoms. The summed E-state index contributed by atoms with van der Waals surface area (Å²) in [4.78, 5) is 0. The fourth-order valence-electron chi connectivity index (χ4n) is 0.972. The van der Waals surface area contributed by atoms with Gasteiger partial charge in [-0.2, -0.15) is 65.9 Å². The van der Waals surface area contributed by atoms with Gasteiger partial charge in [-0.3, -0.25) is 0 Å². The standard InChI is InChI=1S/C8F16/c9-1(2(10)4(13,14)15)3(11,12)5(16,17)6(18,19)7(20,21)8(22,23)24/b2-1+. The van der Waals surface area contributed by atoms with Gasteiger partial charge in [-0.15, -0.1) is 0 Å². The highest BCUT2D eigenvalue weighted by molar-refractivity contribution is 5.21. The Morgan fingerprint density at radius 2 is 0.750 bits per heavy atom. The van der Waals surface area contributed by atoms with Gasteiger partial charge in [-0.25, -0.2) is 4.39 Å². The SMILES string of the molecule is F/C(=C(/F)C(F)(F)C(F)(F)C(F)(F)C(F)(F)C(F)(F)F)C(F)(F)F. The molecule has 0 rings (SSSR count). The smallest absolute Gasteiger partial charge is 0.202 e. The molecule has 0 aromatic rings. The van der Waals surface area contributed by atoms with Crippen molar-refractivity contribution in [3.05, 3.63) is 11.7 Å². The Labute approximate surface area is 119 Å². The number of alkyl halides is 14. The molecule has 0 atom stereocenters. The second-order valence-electron chi connectivity index (χ2n) is 3.92. The van der Waals surface area contributed by atoms with Crippen molar-refractivity contribution in [2.75, 3.05) is 0 Å². The van der Waals surface area contributed by atoms with Crippen LogP contribution in [0, 0.1) is 0 Å². The van der Waals surface area contributed by atoms with Crippen LogP contribution in [0.25, 0.3) is 0 Å². The van der Waals surface area contributed by atoms with Crippen LogP contribution in [-0.2, 0) is 0 Å². The Balaban J connectivity index is 6.43. The molecular formula is C8F16. The monoisotopic (exact) mass is 400 g/mol. The molecule has 0 aliphatic heterocycles. The number of hydrogen-bond acceptors (Lipinski definition) is 0. The van der Waals surface area contributed by atoms with Crippen LogP contribution in [0.15, 0.2) is 11.7 Å². The minimum atomic E-state index is -8.15. The molecule has 0 unspecified atom stereocenters. The molecule has 0 amide bonds. The molecular weight excluding hydrogens is 400 g/mol. The van der Waals surface area contributed by atoms with Gasteiger partial charge in [-0.1, -0.05) is 0 Å². The molecule has 0 heterocycles. The summed E-state index contributed by atoms with van der Waals surface area (Å²) in [5.74, 6) is -41.6. The van der Waals surface area contributed by atoms with Gasteiger partial charge < -0.3 is 0 Å². The predicted octanol–water partition coefficient (Wildman–Crippen LogP) is 5.80. The lowest BCUT2D eigenvalue weighted by Gasteiger charge is -2.36. The zero-order chi connectivity index (χ0) is 20.2. The Morgan fingerprint density at radius 3 is 1.00 bits per heavy atom. The van der Waals surface area contributed by atoms with E-state index in [1.807, 2.05) is 0 Å². The van der Waals surface area contributed by atoms with Crippen molar-refractivity contribution in [1.82, 2.24) is 0 Å². The Hall–Kier alpha value is -1.38. The van der Waals surface area contributed by atoms with Crippen LogP contribution < -0.4 is 0 Å². The summed E-state index contributed by atoms with van der Waals surface area (Å²) in [6.45, 7) is 0. The maximum atomic E-state index is 12.7. The molecule has 0 aliphatic rings. The summed E-state index contributed by atoms with van der Waals surface area (Å²) >= 11 is 0. The highest BCUT2D eigenvalue weighted by Crippen LogP contribution is 2.59. The third kappa shape index (κ3) is 3.10. The summed E-state index contributed by atoms with van der Waals surface area (Å²) in [6, 6.07) is 0. The van der Waals surface area contributed by atoms with Gasteiger partial charge >= 0.3 is 36.0 Å². The van der Waals surface area contributed by atoms with Gasteiger partial charge in [0.05, 0.1) is 0 Å². The largest absolute Gasteiger partial charge is 0.460 e. The first kappa shape index (κ1) is 22.6. The first-order valence-electron chi connectivity index (χ1n) is 4.77. The Bertz CT molecular complexity index is 501. The predicted molar refractivity (Wildman–Crippen MR) is 41.1 cm³/mol. The molecule has 16 heteroatoms. The van der Waals surface area contributed by atoms with Gasteiger partial charge in [0.1, 0.15) is 0 Å². The first-order valence-corrected chi connectivity index (χ1v) is 4.77. The van der Waals surface area contributed by atoms with Crippen LogP contribution in [0.4, 0.5) is 70.2 Å². The van der Waals surface area contributed by atoms with E-state index >= 15 is 0 Å². The number of halogens is 16. The fraction of sp³-hybridized carbons (Fsp3) is 0.750. The van der Waals surface area contributed by atoms with Crippen LogP contribution in [0.5, 0.6) is 0 Å². The summed E-state index contributed by atoms with van der Waals surface area (Å²) in [7, 11) is 0. The van der Waals surface area contributed by atoms with E-state index in [0.29, 0.717) is 0 Å². The summed E-state index contributed by atoms with van der Waals surface area (Å²) in [5.41, 5.74) is 0. The van der Waals surface area contributed by atoms with E-state index in [0.717, 1.165) is 0 Å². The molecule has 0 aromatic carbocycles. The highest BCUT2D eigenvalue weighted by Gasteiger charge is 2.88. The number of allylic oxidation sites excluding steroid dienone is 2. The van der Waals surface area contributed by atoms with Crippen LogP contribution >= 0.6 is 0 Å². The average Bonchev–Trinajstić information content (AvgIpc) is 2.33. The van der Waals surface area contributed by atoms with E-state index in [4.69, 9.17) is 0 Å². The van der Waals surface area contributed by atoms with Crippen LogP contribution in [0.3, 0.4) is 0 Å². The highest BCUT2D eigenvalue weighted by atomic mass is 19.4. The van der Waals surface area contributed by atoms with E-state index in [9.17, 15) is 70.2 Å². The van der Waals surface area contributed by atoms with E-state index in [2.05, 4.69) is 0 Å². The zero-order valence-corrected chi connectivity index (χ0v) is 10.0. The molecule has 0 N–H and O–H groups in total. The minimum absolute atomic E-state index is 4.72. The van der Waals surface area contributed by atoms with Gasteiger partial charge in [0.2, 0.25) is 11.7 Å². The Morgan fingerprint density at radius 1 is 0.417 bits per heavy atom. The van der Waals surface area contributed by atoms with E-state index < -0.39 is 47.7 Å². The minimum Gasteiger partial charge on any atom is -0.202 e. The van der Waals surface area contributed by atoms with Crippen molar-refractivity contribution in [3.8, 4) is 0 Å². The third-order valence-electron chi connectivity index (χ3n) is 2.26. The number of rotatable bonds is 4. The summed E-state index contributed by atoms with van der Waals surface area (Å²) in [6.07, 6.45) is -14.4. The first-order chi connectivity index (χ1) is 10.1. The summed E-state index contributed by atoms with van der Waals surface area (Å²) in [5, 5.41) is 0. The van der Waals surface area contributed by atoms with Gasteiger partial charge in [-0.05, 0) is 0 Å². The van der Waals surface area contributed by atoms with E-state index in [-0.39, 0.29) is 0 Å². The van der Waals surface area contributed by atoms with Crippen molar-refractivity contribution >= 4 is 0 Å². The van der Waals surface area contributed by atoms with Crippen molar-refractivity contribution in [1.29, 1.82) is 0 Å². The lowest BCUT2D eigenvalue weighted by atomic mass is 9.97. The molecule has 24 heavy (non-hydrogen) atoms. The zero-order valence-electron chi connectivity index (χ0n) is 10.0. The normalized spacial score (nSPS) is 17.0. The quantitative estimate of drug-likeness (QED) is 0.524. The molecule has 0 fully saturated rings. The van der Waals surface area contributed by atoms with Gasteiger partial charge in [0.15, 0.2) is 0 Å². The van der Waals surface area contributed by atoms with Crippen LogP contribution in [0.2, 0.25) is 0 Å². The van der Waals surface area contributed by atoms with Gasteiger partial charge in [0.25, 0.3) is 0 Å². The maximum absolute atomic E-state index is 12.7. The second-order valence-corrected chi connectivity index (χ2v) is 3.92. The van der Waals surface area contributed by atoms with Crippen molar-refractivity contribution in [3.63, 3.8) is 0 Å². The Kier molecular flexibility index (Phi) is 5.25. The van der Waals surface area contributed by atoms with E-state index in [1.54, 1.807) is 0 Å². The molecule has 0 nitrogen and oxygen atoms in total. The molecule has 0 radical (unpaired) electrons. The summed E-state index contributed by atoms with van der Waals surface area (Å²) < 4.78 is 195. The third-order valence-corrected chi connectivity index (χ3v) is 2.26. The topological polar surface area (TPSA) is 0 Å². The molecule has 0 aliphatic carbocycles. The second kappa shape index (κ2) is 5.57. The van der Waals surface area contributed by atoms with E-state index in [1.165, 1.54) is 0 Å². The lowest BCUT2D eigenvalue weighted by molar-refractivity contribution is -0.419. The molecule has 0 saturated carbocycles. The molecule has 0 aromatic heterocycles. The average molecular weight is 400 g/mol. The van der Waals surface area contributed by atoms with Crippen molar-refractivity contribution in [2.24, 2.45) is 0 Å². The lowest BCUT2D eigenvalue weighted by Crippen LogP contribution is -2.66. The number of hydrogen-bond donors (Lipinski definition) is 0.